The van der Waals surface area contributed by atoms with Crippen LogP contribution in [0.1, 0.15) is 16.7 Å². The summed E-state index contributed by atoms with van der Waals surface area (Å²) in [6, 6.07) is 14.5. The van der Waals surface area contributed by atoms with Crippen molar-refractivity contribution in [2.45, 2.75) is 20.0 Å². The van der Waals surface area contributed by atoms with Crippen molar-refractivity contribution >= 4 is 5.69 Å². The lowest BCUT2D eigenvalue weighted by Crippen LogP contribution is -2.19. The van der Waals surface area contributed by atoms with Gasteiger partial charge >= 0.3 is 0 Å². The summed E-state index contributed by atoms with van der Waals surface area (Å²) in [4.78, 5) is 2.21. The van der Waals surface area contributed by atoms with Gasteiger partial charge in [-0.1, -0.05) is 35.9 Å². The standard InChI is InChI=1S/C17H22N2O/c1-13-8-9-16(15(10-13)11-18)19(2)12-14-6-4-5-7-17(14)20-3/h4-10H,11-12,18H2,1-3H3. The Hall–Kier alpha value is -2.00. The first kappa shape index (κ1) is 14.4. The molecule has 0 heterocycles. The number of hydrogen-bond acceptors (Lipinski definition) is 3. The van der Waals surface area contributed by atoms with E-state index in [1.807, 2.05) is 18.2 Å². The van der Waals surface area contributed by atoms with Crippen molar-refractivity contribution < 1.29 is 4.74 Å². The minimum absolute atomic E-state index is 0.549. The van der Waals surface area contributed by atoms with Crippen molar-refractivity contribution in [2.75, 3.05) is 19.1 Å². The molecular weight excluding hydrogens is 248 g/mol. The highest BCUT2D eigenvalue weighted by Gasteiger charge is 2.10. The van der Waals surface area contributed by atoms with Gasteiger partial charge in [-0.25, -0.2) is 0 Å². The van der Waals surface area contributed by atoms with Gasteiger partial charge in [0.15, 0.2) is 0 Å². The lowest BCUT2D eigenvalue weighted by Gasteiger charge is -2.23. The van der Waals surface area contributed by atoms with E-state index in [0.717, 1.165) is 12.3 Å². The molecule has 3 heteroatoms. The van der Waals surface area contributed by atoms with Crippen LogP contribution in [0.3, 0.4) is 0 Å². The van der Waals surface area contributed by atoms with E-state index in [9.17, 15) is 0 Å². The van der Waals surface area contributed by atoms with E-state index in [0.29, 0.717) is 6.54 Å². The molecule has 0 amide bonds. The third-order valence-corrected chi connectivity index (χ3v) is 3.47. The van der Waals surface area contributed by atoms with E-state index in [4.69, 9.17) is 10.5 Å². The zero-order valence-electron chi connectivity index (χ0n) is 12.4. The Morgan fingerprint density at radius 2 is 1.85 bits per heavy atom. The molecule has 0 aliphatic heterocycles. The second-order valence-electron chi connectivity index (χ2n) is 5.00. The summed E-state index contributed by atoms with van der Waals surface area (Å²) < 4.78 is 5.41. The smallest absolute Gasteiger partial charge is 0.123 e. The largest absolute Gasteiger partial charge is 0.496 e. The van der Waals surface area contributed by atoms with Gasteiger partial charge in [0, 0.05) is 31.4 Å². The number of benzene rings is 2. The zero-order chi connectivity index (χ0) is 14.5. The Labute approximate surface area is 121 Å². The number of rotatable bonds is 5. The molecule has 0 radical (unpaired) electrons. The molecular formula is C17H22N2O. The number of nitrogens with two attached hydrogens (primary N) is 1. The quantitative estimate of drug-likeness (QED) is 0.907. The highest BCUT2D eigenvalue weighted by Crippen LogP contribution is 2.25. The first-order valence-corrected chi connectivity index (χ1v) is 6.78. The van der Waals surface area contributed by atoms with Crippen molar-refractivity contribution in [3.8, 4) is 5.75 Å². The van der Waals surface area contributed by atoms with Gasteiger partial charge in [0.2, 0.25) is 0 Å². The van der Waals surface area contributed by atoms with Crippen LogP contribution in [-0.2, 0) is 13.1 Å². The number of hydrogen-bond donors (Lipinski definition) is 1. The van der Waals surface area contributed by atoms with Crippen LogP contribution >= 0.6 is 0 Å². The molecule has 0 atom stereocenters. The van der Waals surface area contributed by atoms with Crippen molar-refractivity contribution in [3.05, 3.63) is 59.2 Å². The number of nitrogens with zero attached hydrogens (tertiary/aromatic N) is 1. The normalized spacial score (nSPS) is 10.4. The van der Waals surface area contributed by atoms with Crippen molar-refractivity contribution in [1.29, 1.82) is 0 Å². The predicted octanol–water partition coefficient (Wildman–Crippen LogP) is 3.10. The molecule has 0 fully saturated rings. The molecule has 0 saturated heterocycles. The summed E-state index contributed by atoms with van der Waals surface area (Å²) in [7, 11) is 3.78. The van der Waals surface area contributed by atoms with Crippen LogP contribution in [0, 0.1) is 6.92 Å². The van der Waals surface area contributed by atoms with Gasteiger partial charge in [0.05, 0.1) is 7.11 Å². The molecule has 2 aromatic carbocycles. The van der Waals surface area contributed by atoms with Gasteiger partial charge in [0.1, 0.15) is 5.75 Å². The van der Waals surface area contributed by atoms with E-state index in [1.165, 1.54) is 22.4 Å². The Bertz CT molecular complexity index is 581. The van der Waals surface area contributed by atoms with Crippen LogP contribution in [0.5, 0.6) is 5.75 Å². The molecule has 106 valence electrons. The molecule has 2 rings (SSSR count). The Morgan fingerprint density at radius 3 is 2.55 bits per heavy atom. The third kappa shape index (κ3) is 3.11. The molecule has 0 bridgehead atoms. The maximum absolute atomic E-state index is 5.86. The second kappa shape index (κ2) is 6.44. The maximum atomic E-state index is 5.86. The highest BCUT2D eigenvalue weighted by molar-refractivity contribution is 5.55. The van der Waals surface area contributed by atoms with Gasteiger partial charge in [0.25, 0.3) is 0 Å². The minimum Gasteiger partial charge on any atom is -0.496 e. The molecule has 3 nitrogen and oxygen atoms in total. The molecule has 0 aromatic heterocycles. The lowest BCUT2D eigenvalue weighted by molar-refractivity contribution is 0.409. The highest BCUT2D eigenvalue weighted by atomic mass is 16.5. The van der Waals surface area contributed by atoms with Crippen LogP contribution < -0.4 is 15.4 Å². The van der Waals surface area contributed by atoms with Crippen LogP contribution in [-0.4, -0.2) is 14.2 Å². The molecule has 0 saturated carbocycles. The fourth-order valence-electron chi connectivity index (χ4n) is 2.42. The Balaban J connectivity index is 2.26. The number of aryl methyl sites for hydroxylation is 1. The minimum atomic E-state index is 0.549. The van der Waals surface area contributed by atoms with E-state index in [2.05, 4.69) is 43.1 Å². The first-order chi connectivity index (χ1) is 9.65. The van der Waals surface area contributed by atoms with E-state index < -0.39 is 0 Å². The summed E-state index contributed by atoms with van der Waals surface area (Å²) in [5.41, 5.74) is 10.6. The van der Waals surface area contributed by atoms with Gasteiger partial charge in [-0.15, -0.1) is 0 Å². The van der Waals surface area contributed by atoms with E-state index in [-0.39, 0.29) is 0 Å². The molecule has 0 spiro atoms. The maximum Gasteiger partial charge on any atom is 0.123 e. The van der Waals surface area contributed by atoms with Crippen molar-refractivity contribution in [3.63, 3.8) is 0 Å². The topological polar surface area (TPSA) is 38.5 Å². The SMILES string of the molecule is COc1ccccc1CN(C)c1ccc(C)cc1CN. The van der Waals surface area contributed by atoms with Crippen LogP contribution in [0.25, 0.3) is 0 Å². The lowest BCUT2D eigenvalue weighted by atomic mass is 10.1. The summed E-state index contributed by atoms with van der Waals surface area (Å²) in [5.74, 6) is 0.917. The molecule has 0 aliphatic rings. The molecule has 2 aromatic rings. The number of ether oxygens (including phenoxy) is 1. The zero-order valence-corrected chi connectivity index (χ0v) is 12.4. The average Bonchev–Trinajstić information content (AvgIpc) is 2.47. The van der Waals surface area contributed by atoms with Crippen LogP contribution in [0.4, 0.5) is 5.69 Å². The first-order valence-electron chi connectivity index (χ1n) is 6.78. The summed E-state index contributed by atoms with van der Waals surface area (Å²) >= 11 is 0. The Morgan fingerprint density at radius 1 is 1.10 bits per heavy atom. The summed E-state index contributed by atoms with van der Waals surface area (Å²) in [6.07, 6.45) is 0. The number of anilines is 1. The van der Waals surface area contributed by atoms with Crippen molar-refractivity contribution in [2.24, 2.45) is 5.73 Å². The van der Waals surface area contributed by atoms with Crippen LogP contribution in [0.2, 0.25) is 0 Å². The van der Waals surface area contributed by atoms with E-state index in [1.54, 1.807) is 7.11 Å². The average molecular weight is 270 g/mol. The van der Waals surface area contributed by atoms with Gasteiger partial charge in [-0.3, -0.25) is 0 Å². The fraction of sp³-hybridized carbons (Fsp3) is 0.294. The third-order valence-electron chi connectivity index (χ3n) is 3.47. The number of methoxy groups -OCH3 is 1. The number of para-hydroxylation sites is 1. The molecule has 2 N–H and O–H groups in total. The van der Waals surface area contributed by atoms with Gasteiger partial charge in [-0.2, -0.15) is 0 Å². The molecule has 0 aliphatic carbocycles. The van der Waals surface area contributed by atoms with Gasteiger partial charge < -0.3 is 15.4 Å². The van der Waals surface area contributed by atoms with Crippen molar-refractivity contribution in [1.82, 2.24) is 0 Å². The predicted molar refractivity (Wildman–Crippen MR) is 84.2 cm³/mol. The Kier molecular flexibility index (Phi) is 4.64. The second-order valence-corrected chi connectivity index (χ2v) is 5.00. The summed E-state index contributed by atoms with van der Waals surface area (Å²) in [6.45, 7) is 3.43. The summed E-state index contributed by atoms with van der Waals surface area (Å²) in [5, 5.41) is 0. The van der Waals surface area contributed by atoms with Gasteiger partial charge in [-0.05, 0) is 24.6 Å². The van der Waals surface area contributed by atoms with Crippen LogP contribution in [0.15, 0.2) is 42.5 Å². The fourth-order valence-corrected chi connectivity index (χ4v) is 2.42. The monoisotopic (exact) mass is 270 g/mol. The molecule has 0 unspecified atom stereocenters. The van der Waals surface area contributed by atoms with E-state index >= 15 is 0 Å². The molecule has 20 heavy (non-hydrogen) atoms.